The number of carbonyl (C=O) groups is 1. The number of anilines is 1. The summed E-state index contributed by atoms with van der Waals surface area (Å²) in [5.74, 6) is -0.619. The molecule has 1 fully saturated rings. The summed E-state index contributed by atoms with van der Waals surface area (Å²) in [6.45, 7) is -0.0332. The average molecular weight is 300 g/mol. The van der Waals surface area contributed by atoms with E-state index < -0.39 is 21.6 Å². The van der Waals surface area contributed by atoms with Gasteiger partial charge in [-0.25, -0.2) is 12.8 Å². The van der Waals surface area contributed by atoms with Crippen LogP contribution in [-0.4, -0.2) is 38.4 Å². The van der Waals surface area contributed by atoms with Crippen molar-refractivity contribution in [3.63, 3.8) is 0 Å². The number of para-hydroxylation sites is 1. The molecule has 1 amide bonds. The van der Waals surface area contributed by atoms with Crippen LogP contribution in [0.5, 0.6) is 0 Å². The van der Waals surface area contributed by atoms with Crippen LogP contribution in [0.3, 0.4) is 0 Å². The third kappa shape index (κ3) is 4.28. The standard InChI is InChI=1S/C13H17FN2O3S/c14-11-5-1-2-6-12(11)16-13(17)8-15-10-4-3-7-20(18,19)9-10/h1-2,5-6,10,15H,3-4,7-9H2,(H,16,17). The van der Waals surface area contributed by atoms with Gasteiger partial charge in [-0.1, -0.05) is 12.1 Å². The van der Waals surface area contributed by atoms with Gasteiger partial charge in [-0.15, -0.1) is 0 Å². The largest absolute Gasteiger partial charge is 0.322 e. The summed E-state index contributed by atoms with van der Waals surface area (Å²) in [7, 11) is -3.00. The van der Waals surface area contributed by atoms with Crippen molar-refractivity contribution in [1.29, 1.82) is 0 Å². The molecule has 1 aromatic carbocycles. The van der Waals surface area contributed by atoms with E-state index in [0.29, 0.717) is 6.42 Å². The molecule has 5 nitrogen and oxygen atoms in total. The first-order chi connectivity index (χ1) is 9.46. The topological polar surface area (TPSA) is 75.3 Å². The lowest BCUT2D eigenvalue weighted by Crippen LogP contribution is -2.43. The summed E-state index contributed by atoms with van der Waals surface area (Å²) in [5, 5.41) is 5.35. The van der Waals surface area contributed by atoms with E-state index >= 15 is 0 Å². The van der Waals surface area contributed by atoms with Gasteiger partial charge in [0.1, 0.15) is 5.82 Å². The second kappa shape index (κ2) is 6.32. The van der Waals surface area contributed by atoms with Gasteiger partial charge in [0.15, 0.2) is 9.84 Å². The molecular weight excluding hydrogens is 283 g/mol. The lowest BCUT2D eigenvalue weighted by atomic mass is 10.2. The van der Waals surface area contributed by atoms with Gasteiger partial charge in [0.25, 0.3) is 0 Å². The molecule has 0 aliphatic carbocycles. The number of halogens is 1. The zero-order valence-corrected chi connectivity index (χ0v) is 11.7. The summed E-state index contributed by atoms with van der Waals surface area (Å²) in [5.41, 5.74) is 0.121. The lowest BCUT2D eigenvalue weighted by Gasteiger charge is -2.22. The maximum Gasteiger partial charge on any atom is 0.238 e. The molecule has 0 spiro atoms. The molecule has 1 unspecified atom stereocenters. The van der Waals surface area contributed by atoms with Gasteiger partial charge in [0.05, 0.1) is 23.7 Å². The van der Waals surface area contributed by atoms with E-state index in [1.807, 2.05) is 0 Å². The second-order valence-electron chi connectivity index (χ2n) is 4.86. The van der Waals surface area contributed by atoms with Gasteiger partial charge in [-0.05, 0) is 25.0 Å². The Morgan fingerprint density at radius 2 is 2.10 bits per heavy atom. The minimum atomic E-state index is -3.00. The van der Waals surface area contributed by atoms with Crippen molar-refractivity contribution in [2.45, 2.75) is 18.9 Å². The number of nitrogens with one attached hydrogen (secondary N) is 2. The molecule has 1 aliphatic heterocycles. The molecule has 1 heterocycles. The third-order valence-corrected chi connectivity index (χ3v) is 4.98. The first-order valence-electron chi connectivity index (χ1n) is 6.44. The van der Waals surface area contributed by atoms with Crippen molar-refractivity contribution in [2.75, 3.05) is 23.4 Å². The molecule has 0 radical (unpaired) electrons. The van der Waals surface area contributed by atoms with E-state index in [4.69, 9.17) is 0 Å². The molecular formula is C13H17FN2O3S. The highest BCUT2D eigenvalue weighted by molar-refractivity contribution is 7.91. The van der Waals surface area contributed by atoms with E-state index in [1.54, 1.807) is 6.07 Å². The van der Waals surface area contributed by atoms with E-state index in [9.17, 15) is 17.6 Å². The van der Waals surface area contributed by atoms with Crippen LogP contribution in [0.1, 0.15) is 12.8 Å². The van der Waals surface area contributed by atoms with Crippen molar-refractivity contribution in [2.24, 2.45) is 0 Å². The van der Waals surface area contributed by atoms with Crippen LogP contribution in [0, 0.1) is 5.82 Å². The number of amides is 1. The molecule has 0 aromatic heterocycles. The highest BCUT2D eigenvalue weighted by Gasteiger charge is 2.24. The van der Waals surface area contributed by atoms with Crippen molar-refractivity contribution < 1.29 is 17.6 Å². The number of carbonyl (C=O) groups excluding carboxylic acids is 1. The molecule has 2 rings (SSSR count). The van der Waals surface area contributed by atoms with Gasteiger partial charge < -0.3 is 10.6 Å². The Hall–Kier alpha value is -1.47. The summed E-state index contributed by atoms with van der Waals surface area (Å²) < 4.78 is 36.2. The Morgan fingerprint density at radius 1 is 1.35 bits per heavy atom. The number of benzene rings is 1. The summed E-state index contributed by atoms with van der Waals surface area (Å²) in [6, 6.07) is 5.69. The Morgan fingerprint density at radius 3 is 2.80 bits per heavy atom. The van der Waals surface area contributed by atoms with Crippen molar-refractivity contribution in [1.82, 2.24) is 5.32 Å². The normalized spacial score (nSPS) is 21.4. The molecule has 20 heavy (non-hydrogen) atoms. The van der Waals surface area contributed by atoms with Crippen LogP contribution in [-0.2, 0) is 14.6 Å². The lowest BCUT2D eigenvalue weighted by molar-refractivity contribution is -0.115. The maximum absolute atomic E-state index is 13.3. The van der Waals surface area contributed by atoms with E-state index in [-0.39, 0.29) is 29.8 Å². The van der Waals surface area contributed by atoms with Crippen molar-refractivity contribution in [3.8, 4) is 0 Å². The fourth-order valence-electron chi connectivity index (χ4n) is 2.18. The highest BCUT2D eigenvalue weighted by Crippen LogP contribution is 2.13. The zero-order chi connectivity index (χ0) is 14.6. The monoisotopic (exact) mass is 300 g/mol. The van der Waals surface area contributed by atoms with Gasteiger partial charge in [-0.3, -0.25) is 4.79 Å². The van der Waals surface area contributed by atoms with Gasteiger partial charge in [0.2, 0.25) is 5.91 Å². The fourth-order valence-corrected chi connectivity index (χ4v) is 3.85. The van der Waals surface area contributed by atoms with Crippen LogP contribution in [0.25, 0.3) is 0 Å². The predicted octanol–water partition coefficient (Wildman–Crippen LogP) is 0.931. The minimum Gasteiger partial charge on any atom is -0.322 e. The van der Waals surface area contributed by atoms with E-state index in [2.05, 4.69) is 10.6 Å². The minimum absolute atomic E-state index is 0.0332. The van der Waals surface area contributed by atoms with Gasteiger partial charge >= 0.3 is 0 Å². The van der Waals surface area contributed by atoms with Crippen LogP contribution in [0.15, 0.2) is 24.3 Å². The molecule has 110 valence electrons. The number of sulfone groups is 1. The maximum atomic E-state index is 13.3. The Balaban J connectivity index is 1.82. The summed E-state index contributed by atoms with van der Waals surface area (Å²) >= 11 is 0. The zero-order valence-electron chi connectivity index (χ0n) is 10.9. The average Bonchev–Trinajstić information content (AvgIpc) is 2.38. The van der Waals surface area contributed by atoms with Gasteiger partial charge in [-0.2, -0.15) is 0 Å². The Kier molecular flexibility index (Phi) is 4.72. The first kappa shape index (κ1) is 14.9. The number of hydrogen-bond acceptors (Lipinski definition) is 4. The first-order valence-corrected chi connectivity index (χ1v) is 8.26. The highest BCUT2D eigenvalue weighted by atomic mass is 32.2. The number of rotatable bonds is 4. The van der Waals surface area contributed by atoms with Crippen LogP contribution in [0.4, 0.5) is 10.1 Å². The molecule has 7 heteroatoms. The molecule has 1 aliphatic rings. The Bertz CT molecular complexity index is 589. The van der Waals surface area contributed by atoms with E-state index in [0.717, 1.165) is 6.42 Å². The van der Waals surface area contributed by atoms with E-state index in [1.165, 1.54) is 18.2 Å². The fraction of sp³-hybridized carbons (Fsp3) is 0.462. The van der Waals surface area contributed by atoms with Crippen LogP contribution >= 0.6 is 0 Å². The third-order valence-electron chi connectivity index (χ3n) is 3.16. The van der Waals surface area contributed by atoms with Crippen LogP contribution in [0.2, 0.25) is 0 Å². The summed E-state index contributed by atoms with van der Waals surface area (Å²) in [6.07, 6.45) is 1.33. The van der Waals surface area contributed by atoms with Gasteiger partial charge in [0, 0.05) is 6.04 Å². The molecule has 2 N–H and O–H groups in total. The smallest absolute Gasteiger partial charge is 0.238 e. The number of hydrogen-bond donors (Lipinski definition) is 2. The summed E-state index contributed by atoms with van der Waals surface area (Å²) in [4.78, 5) is 11.7. The SMILES string of the molecule is O=C(CNC1CCCS(=O)(=O)C1)Nc1ccccc1F. The van der Waals surface area contributed by atoms with Crippen LogP contribution < -0.4 is 10.6 Å². The molecule has 1 atom stereocenters. The predicted molar refractivity (Wildman–Crippen MR) is 74.7 cm³/mol. The molecule has 1 saturated heterocycles. The quantitative estimate of drug-likeness (QED) is 0.867. The molecule has 1 aromatic rings. The Labute approximate surface area is 117 Å². The van der Waals surface area contributed by atoms with Crippen molar-refractivity contribution in [3.05, 3.63) is 30.1 Å². The second-order valence-corrected chi connectivity index (χ2v) is 7.09. The molecule has 0 bridgehead atoms. The van der Waals surface area contributed by atoms with Crippen molar-refractivity contribution >= 4 is 21.4 Å². The molecule has 0 saturated carbocycles.